The average Bonchev–Trinajstić information content (AvgIpc) is 2.52. The number of carbonyl (C=O) groups is 1. The van der Waals surface area contributed by atoms with Crippen molar-refractivity contribution >= 4 is 37.8 Å². The van der Waals surface area contributed by atoms with Crippen molar-refractivity contribution in [3.63, 3.8) is 0 Å². The summed E-state index contributed by atoms with van der Waals surface area (Å²) in [6, 6.07) is 9.77. The summed E-state index contributed by atoms with van der Waals surface area (Å²) in [5.41, 5.74) is 2.76. The lowest BCUT2D eigenvalue weighted by molar-refractivity contribution is -0.140. The molecule has 3 nitrogen and oxygen atoms in total. The normalized spacial score (nSPS) is 18.3. The number of hydrogen-bond acceptors (Lipinski definition) is 3. The van der Waals surface area contributed by atoms with Crippen LogP contribution >= 0.6 is 31.8 Å². The van der Waals surface area contributed by atoms with Gasteiger partial charge in [0.2, 0.25) is 0 Å². The number of hydrogen-bond donors (Lipinski definition) is 0. The van der Waals surface area contributed by atoms with Gasteiger partial charge < -0.3 is 9.64 Å². The highest BCUT2D eigenvalue weighted by Gasteiger charge is 2.33. The Hall–Kier alpha value is -0.870. The molecule has 0 saturated carbocycles. The minimum atomic E-state index is -0.239. The Kier molecular flexibility index (Phi) is 6.26. The summed E-state index contributed by atoms with van der Waals surface area (Å²) in [6.45, 7) is 7.43. The summed E-state index contributed by atoms with van der Waals surface area (Å²) in [6.07, 6.45) is 4.09. The van der Waals surface area contributed by atoms with E-state index in [1.165, 1.54) is 0 Å². The summed E-state index contributed by atoms with van der Waals surface area (Å²) >= 11 is 2.37. The Morgan fingerprint density at radius 3 is 2.57 bits per heavy atom. The average molecular weight is 443 g/mol. The molecule has 0 amide bonds. The van der Waals surface area contributed by atoms with Crippen LogP contribution in [0.1, 0.15) is 26.3 Å². The van der Waals surface area contributed by atoms with Crippen molar-refractivity contribution < 1.29 is 9.53 Å². The second-order valence-electron chi connectivity index (χ2n) is 5.95. The van der Waals surface area contributed by atoms with E-state index in [2.05, 4.69) is 63.7 Å². The maximum atomic E-state index is 12.7. The van der Waals surface area contributed by atoms with Crippen molar-refractivity contribution in [3.05, 3.63) is 59.3 Å². The smallest absolute Gasteiger partial charge is 0.337 e. The molecule has 1 unspecified atom stereocenters. The topological polar surface area (TPSA) is 29.5 Å². The number of carbonyl (C=O) groups excluding carboxylic acids is 1. The number of benzene rings is 1. The number of nitrogens with zero attached hydrogens (tertiary/aromatic N) is 1. The van der Waals surface area contributed by atoms with Crippen LogP contribution in [0.2, 0.25) is 0 Å². The SMILES string of the molecule is CCN1C=CC(C(C)(C)I)=C(C(=O)OCc2ccccc2)[C@@H]1P. The number of likely N-dealkylation sites (N-methyl/N-ethyl adjacent to an activating group) is 1. The van der Waals surface area contributed by atoms with Crippen LogP contribution in [0.5, 0.6) is 0 Å². The third kappa shape index (κ3) is 4.57. The van der Waals surface area contributed by atoms with Gasteiger partial charge in [0.15, 0.2) is 0 Å². The monoisotopic (exact) mass is 443 g/mol. The van der Waals surface area contributed by atoms with Gasteiger partial charge in [-0.05, 0) is 38.0 Å². The van der Waals surface area contributed by atoms with E-state index in [4.69, 9.17) is 4.74 Å². The first kappa shape index (κ1) is 18.5. The molecule has 1 aliphatic heterocycles. The molecular weight excluding hydrogens is 420 g/mol. The highest BCUT2D eigenvalue weighted by molar-refractivity contribution is 14.1. The highest BCUT2D eigenvalue weighted by Crippen LogP contribution is 2.37. The predicted octanol–water partition coefficient (Wildman–Crippen LogP) is 4.29. The van der Waals surface area contributed by atoms with E-state index in [0.29, 0.717) is 6.61 Å². The van der Waals surface area contributed by atoms with Crippen molar-refractivity contribution in [1.82, 2.24) is 4.90 Å². The van der Waals surface area contributed by atoms with E-state index in [1.807, 2.05) is 36.4 Å². The van der Waals surface area contributed by atoms with E-state index < -0.39 is 0 Å². The highest BCUT2D eigenvalue weighted by atomic mass is 127. The molecule has 0 spiro atoms. The second-order valence-corrected chi connectivity index (χ2v) is 9.28. The quantitative estimate of drug-likeness (QED) is 0.295. The van der Waals surface area contributed by atoms with Crippen molar-refractivity contribution in [1.29, 1.82) is 0 Å². The molecule has 23 heavy (non-hydrogen) atoms. The zero-order valence-electron chi connectivity index (χ0n) is 13.8. The van der Waals surface area contributed by atoms with Gasteiger partial charge in [-0.1, -0.05) is 52.9 Å². The van der Waals surface area contributed by atoms with Gasteiger partial charge in [0.05, 0.1) is 11.4 Å². The van der Waals surface area contributed by atoms with Gasteiger partial charge in [0.1, 0.15) is 6.61 Å². The van der Waals surface area contributed by atoms with Gasteiger partial charge >= 0.3 is 5.97 Å². The van der Waals surface area contributed by atoms with Gasteiger partial charge in [0, 0.05) is 16.2 Å². The zero-order valence-corrected chi connectivity index (χ0v) is 17.1. The maximum absolute atomic E-state index is 12.7. The van der Waals surface area contributed by atoms with Gasteiger partial charge in [-0.25, -0.2) is 4.79 Å². The molecule has 124 valence electrons. The lowest BCUT2D eigenvalue weighted by atomic mass is 9.94. The molecule has 2 atom stereocenters. The maximum Gasteiger partial charge on any atom is 0.337 e. The van der Waals surface area contributed by atoms with Crippen LogP contribution in [0.15, 0.2) is 53.8 Å². The van der Waals surface area contributed by atoms with Crippen LogP contribution in [0, 0.1) is 0 Å². The second kappa shape index (κ2) is 7.80. The Balaban J connectivity index is 2.25. The van der Waals surface area contributed by atoms with Gasteiger partial charge in [0.25, 0.3) is 0 Å². The van der Waals surface area contributed by atoms with E-state index in [0.717, 1.165) is 23.3 Å². The molecule has 5 heteroatoms. The van der Waals surface area contributed by atoms with E-state index in [1.54, 1.807) is 0 Å². The fraction of sp³-hybridized carbons (Fsp3) is 0.389. The molecular formula is C18H23INO2P. The van der Waals surface area contributed by atoms with Crippen LogP contribution in [0.4, 0.5) is 0 Å². The third-order valence-corrected chi connectivity index (χ3v) is 5.11. The number of rotatable bonds is 5. The molecule has 0 bridgehead atoms. The Labute approximate surface area is 154 Å². The molecule has 2 rings (SSSR count). The van der Waals surface area contributed by atoms with Crippen molar-refractivity contribution in [2.75, 3.05) is 6.54 Å². The predicted molar refractivity (Wildman–Crippen MR) is 106 cm³/mol. The number of esters is 1. The third-order valence-electron chi connectivity index (χ3n) is 3.81. The van der Waals surface area contributed by atoms with Gasteiger partial charge in [-0.15, -0.1) is 9.24 Å². The summed E-state index contributed by atoms with van der Waals surface area (Å²) in [5.74, 6) is -0.297. The minimum absolute atomic E-state index is 0.0580. The molecule has 0 fully saturated rings. The lowest BCUT2D eigenvalue weighted by Gasteiger charge is -2.35. The Morgan fingerprint density at radius 2 is 2.00 bits per heavy atom. The fourth-order valence-corrected chi connectivity index (χ4v) is 3.63. The molecule has 1 heterocycles. The van der Waals surface area contributed by atoms with Crippen LogP contribution in [0.25, 0.3) is 0 Å². The first-order valence-corrected chi connectivity index (χ1v) is 9.43. The summed E-state index contributed by atoms with van der Waals surface area (Å²) < 4.78 is 5.45. The molecule has 0 saturated heterocycles. The standard InChI is InChI=1S/C18H23INO2P/c1-4-20-11-10-14(18(2,3)19)15(16(20)23)17(21)22-12-13-8-6-5-7-9-13/h5-11,16H,4,12,23H2,1-3H3/t16-/m0/s1. The molecule has 1 aliphatic rings. The Morgan fingerprint density at radius 1 is 1.35 bits per heavy atom. The van der Waals surface area contributed by atoms with Crippen molar-refractivity contribution in [2.45, 2.75) is 36.6 Å². The molecule has 1 aromatic carbocycles. The minimum Gasteiger partial charge on any atom is -0.457 e. The van der Waals surface area contributed by atoms with Crippen LogP contribution < -0.4 is 0 Å². The summed E-state index contributed by atoms with van der Waals surface area (Å²) in [4.78, 5) is 14.9. The molecule has 0 aromatic heterocycles. The molecule has 0 aliphatic carbocycles. The van der Waals surface area contributed by atoms with Crippen LogP contribution in [-0.2, 0) is 16.1 Å². The van der Waals surface area contributed by atoms with E-state index in [-0.39, 0.29) is 15.2 Å². The van der Waals surface area contributed by atoms with Crippen molar-refractivity contribution in [3.8, 4) is 0 Å². The Bertz CT molecular complexity index is 620. The number of ether oxygens (including phenoxy) is 1. The first-order chi connectivity index (χ1) is 10.8. The van der Waals surface area contributed by atoms with E-state index >= 15 is 0 Å². The largest absolute Gasteiger partial charge is 0.457 e. The van der Waals surface area contributed by atoms with Crippen LogP contribution in [0.3, 0.4) is 0 Å². The van der Waals surface area contributed by atoms with Gasteiger partial charge in [-0.3, -0.25) is 0 Å². The molecule has 0 N–H and O–H groups in total. The van der Waals surface area contributed by atoms with Crippen molar-refractivity contribution in [2.24, 2.45) is 0 Å². The van der Waals surface area contributed by atoms with Crippen LogP contribution in [-0.4, -0.2) is 26.6 Å². The first-order valence-electron chi connectivity index (χ1n) is 7.68. The zero-order chi connectivity index (χ0) is 17.0. The number of halogens is 1. The van der Waals surface area contributed by atoms with E-state index in [9.17, 15) is 4.79 Å². The summed E-state index contributed by atoms with van der Waals surface area (Å²) in [7, 11) is 2.77. The fourth-order valence-electron chi connectivity index (χ4n) is 2.53. The molecule has 0 radical (unpaired) electrons. The van der Waals surface area contributed by atoms with Gasteiger partial charge in [-0.2, -0.15) is 0 Å². The molecule has 1 aromatic rings. The number of allylic oxidation sites excluding steroid dienone is 2. The summed E-state index contributed by atoms with van der Waals surface area (Å²) in [5, 5.41) is 0. The lowest BCUT2D eigenvalue weighted by Crippen LogP contribution is -2.36. The number of alkyl halides is 1.